The van der Waals surface area contributed by atoms with Gasteiger partial charge in [-0.25, -0.2) is 9.97 Å². The van der Waals surface area contributed by atoms with Crippen molar-refractivity contribution in [1.29, 1.82) is 0 Å². The Balaban J connectivity index is 1.39. The number of nitrogens with zero attached hydrogens (tertiary/aromatic N) is 3. The largest absolute Gasteiger partial charge is 0.459 e. The number of piperidine rings is 1. The molecular weight excluding hydrogens is 344 g/mol. The van der Waals surface area contributed by atoms with Crippen molar-refractivity contribution >= 4 is 11.9 Å². The lowest BCUT2D eigenvalue weighted by Crippen LogP contribution is -2.38. The summed E-state index contributed by atoms with van der Waals surface area (Å²) in [6.07, 6.45) is 6.94. The third kappa shape index (κ3) is 3.98. The number of rotatable bonds is 3. The van der Waals surface area contributed by atoms with E-state index in [1.165, 1.54) is 12.8 Å². The fraction of sp³-hybridized carbons (Fsp3) is 0.700. The van der Waals surface area contributed by atoms with E-state index in [2.05, 4.69) is 10.3 Å². The van der Waals surface area contributed by atoms with Gasteiger partial charge in [-0.1, -0.05) is 6.42 Å². The Bertz CT molecular complexity index is 743. The molecule has 2 saturated heterocycles. The Kier molecular flexibility index (Phi) is 4.88. The highest BCUT2D eigenvalue weighted by Gasteiger charge is 2.41. The average Bonchev–Trinajstić information content (AvgIpc) is 2.92. The van der Waals surface area contributed by atoms with Gasteiger partial charge in [-0.2, -0.15) is 0 Å². The molecule has 2 atom stereocenters. The summed E-state index contributed by atoms with van der Waals surface area (Å²) in [6.45, 7) is 5.97. The zero-order valence-electron chi connectivity index (χ0n) is 16.2. The van der Waals surface area contributed by atoms with Crippen LogP contribution in [0.25, 0.3) is 0 Å². The van der Waals surface area contributed by atoms with Crippen molar-refractivity contribution in [1.82, 2.24) is 20.2 Å². The minimum absolute atomic E-state index is 0.0123. The highest BCUT2D eigenvalue weighted by Crippen LogP contribution is 2.33. The maximum atomic E-state index is 12.7. The van der Waals surface area contributed by atoms with Crippen molar-refractivity contribution in [3.8, 4) is 0 Å². The van der Waals surface area contributed by atoms with Crippen LogP contribution in [0, 0.1) is 5.92 Å². The molecule has 146 valence electrons. The number of esters is 1. The van der Waals surface area contributed by atoms with Crippen LogP contribution in [0.1, 0.15) is 69.1 Å². The smallest absolute Gasteiger partial charge is 0.310 e. The van der Waals surface area contributed by atoms with Gasteiger partial charge in [0, 0.05) is 44.1 Å². The summed E-state index contributed by atoms with van der Waals surface area (Å²) in [4.78, 5) is 35.8. The highest BCUT2D eigenvalue weighted by atomic mass is 16.6. The first-order chi connectivity index (χ1) is 12.9. The second kappa shape index (κ2) is 7.19. The molecule has 0 unspecified atom stereocenters. The van der Waals surface area contributed by atoms with E-state index < -0.39 is 5.60 Å². The maximum absolute atomic E-state index is 12.7. The molecule has 1 aromatic rings. The summed E-state index contributed by atoms with van der Waals surface area (Å²) in [5.74, 6) is 0.311. The normalized spacial score (nSPS) is 27.2. The summed E-state index contributed by atoms with van der Waals surface area (Å²) in [5.41, 5.74) is 1.61. The summed E-state index contributed by atoms with van der Waals surface area (Å²) >= 11 is 0. The Hall–Kier alpha value is -2.02. The summed E-state index contributed by atoms with van der Waals surface area (Å²) in [5, 5.41) is 3.49. The van der Waals surface area contributed by atoms with E-state index in [0.717, 1.165) is 36.5 Å². The van der Waals surface area contributed by atoms with Gasteiger partial charge in [0.05, 0.1) is 17.7 Å². The van der Waals surface area contributed by atoms with Gasteiger partial charge in [-0.05, 0) is 33.2 Å². The Morgan fingerprint density at radius 2 is 2.26 bits per heavy atom. The first kappa shape index (κ1) is 18.3. The fourth-order valence-corrected chi connectivity index (χ4v) is 4.35. The summed E-state index contributed by atoms with van der Waals surface area (Å²) < 4.78 is 5.34. The van der Waals surface area contributed by atoms with Crippen LogP contribution in [0.15, 0.2) is 6.20 Å². The molecule has 0 aromatic carbocycles. The molecule has 4 rings (SSSR count). The average molecular weight is 372 g/mol. The van der Waals surface area contributed by atoms with Crippen LogP contribution >= 0.6 is 0 Å². The van der Waals surface area contributed by atoms with Gasteiger partial charge in [-0.3, -0.25) is 9.59 Å². The monoisotopic (exact) mass is 372 g/mol. The Labute approximate surface area is 159 Å². The third-order valence-electron chi connectivity index (χ3n) is 5.80. The van der Waals surface area contributed by atoms with Crippen LogP contribution in [-0.4, -0.2) is 45.4 Å². The molecule has 0 bridgehead atoms. The van der Waals surface area contributed by atoms with Gasteiger partial charge >= 0.3 is 5.97 Å². The molecule has 7 heteroatoms. The number of amides is 1. The third-order valence-corrected chi connectivity index (χ3v) is 5.80. The molecule has 1 N–H and O–H groups in total. The molecule has 0 spiro atoms. The Morgan fingerprint density at radius 1 is 1.41 bits per heavy atom. The molecule has 2 fully saturated rings. The molecule has 4 heterocycles. The SMILES string of the molecule is CC1(C)C[C@@H](CC(=O)N2CCc3nc([C@@H]4CCCCN4)ncc3C2)C(=O)O1. The van der Waals surface area contributed by atoms with E-state index in [1.807, 2.05) is 24.9 Å². The van der Waals surface area contributed by atoms with Gasteiger partial charge in [0.25, 0.3) is 0 Å². The van der Waals surface area contributed by atoms with E-state index in [-0.39, 0.29) is 30.3 Å². The predicted molar refractivity (Wildman–Crippen MR) is 98.6 cm³/mol. The van der Waals surface area contributed by atoms with Gasteiger partial charge in [0.2, 0.25) is 5.91 Å². The first-order valence-electron chi connectivity index (χ1n) is 10.00. The maximum Gasteiger partial charge on any atom is 0.310 e. The molecule has 7 nitrogen and oxygen atoms in total. The minimum atomic E-state index is -0.464. The zero-order valence-corrected chi connectivity index (χ0v) is 16.2. The van der Waals surface area contributed by atoms with Crippen molar-refractivity contribution in [2.75, 3.05) is 13.1 Å². The van der Waals surface area contributed by atoms with E-state index in [9.17, 15) is 9.59 Å². The first-order valence-corrected chi connectivity index (χ1v) is 10.00. The molecule has 0 aliphatic carbocycles. The van der Waals surface area contributed by atoms with E-state index >= 15 is 0 Å². The van der Waals surface area contributed by atoms with Crippen LogP contribution < -0.4 is 5.32 Å². The molecule has 3 aliphatic rings. The number of carbonyl (C=O) groups is 2. The standard InChI is InChI=1S/C20H28N4O3/c1-20(2)10-13(19(26)27-20)9-17(25)24-8-6-15-14(12-24)11-22-18(23-15)16-5-3-4-7-21-16/h11,13,16,21H,3-10,12H2,1-2H3/t13-,16+/m1/s1. The highest BCUT2D eigenvalue weighted by molar-refractivity contribution is 5.84. The second-order valence-corrected chi connectivity index (χ2v) is 8.55. The quantitative estimate of drug-likeness (QED) is 0.816. The molecular formula is C20H28N4O3. The number of nitrogens with one attached hydrogen (secondary N) is 1. The lowest BCUT2D eigenvalue weighted by Gasteiger charge is -2.30. The fourth-order valence-electron chi connectivity index (χ4n) is 4.35. The van der Waals surface area contributed by atoms with Gasteiger partial charge in [0.1, 0.15) is 11.4 Å². The number of cyclic esters (lactones) is 1. The van der Waals surface area contributed by atoms with Crippen LogP contribution in [-0.2, 0) is 27.3 Å². The van der Waals surface area contributed by atoms with Gasteiger partial charge in [0.15, 0.2) is 0 Å². The van der Waals surface area contributed by atoms with Crippen molar-refractivity contribution in [2.24, 2.45) is 5.92 Å². The second-order valence-electron chi connectivity index (χ2n) is 8.55. The number of fused-ring (bicyclic) bond motifs is 1. The van der Waals surface area contributed by atoms with Crippen molar-refractivity contribution < 1.29 is 14.3 Å². The van der Waals surface area contributed by atoms with Gasteiger partial charge in [-0.15, -0.1) is 0 Å². The lowest BCUT2D eigenvalue weighted by atomic mass is 9.94. The molecule has 1 amide bonds. The summed E-state index contributed by atoms with van der Waals surface area (Å²) in [7, 11) is 0. The molecule has 1 aromatic heterocycles. The minimum Gasteiger partial charge on any atom is -0.459 e. The van der Waals surface area contributed by atoms with Crippen molar-refractivity contribution in [2.45, 2.75) is 70.6 Å². The predicted octanol–water partition coefficient (Wildman–Crippen LogP) is 1.91. The van der Waals surface area contributed by atoms with E-state index in [0.29, 0.717) is 19.5 Å². The zero-order chi connectivity index (χ0) is 19.0. The van der Waals surface area contributed by atoms with E-state index in [1.54, 1.807) is 0 Å². The topological polar surface area (TPSA) is 84.4 Å². The number of carbonyl (C=O) groups excluding carboxylic acids is 2. The van der Waals surface area contributed by atoms with Crippen molar-refractivity contribution in [3.05, 3.63) is 23.3 Å². The number of hydrogen-bond donors (Lipinski definition) is 1. The summed E-state index contributed by atoms with van der Waals surface area (Å²) in [6, 6.07) is 0.250. The molecule has 27 heavy (non-hydrogen) atoms. The Morgan fingerprint density at radius 3 is 2.96 bits per heavy atom. The number of ether oxygens (including phenoxy) is 1. The van der Waals surface area contributed by atoms with Crippen LogP contribution in [0.2, 0.25) is 0 Å². The van der Waals surface area contributed by atoms with Crippen LogP contribution in [0.3, 0.4) is 0 Å². The van der Waals surface area contributed by atoms with Gasteiger partial charge < -0.3 is 15.0 Å². The van der Waals surface area contributed by atoms with E-state index in [4.69, 9.17) is 9.72 Å². The molecule has 0 radical (unpaired) electrons. The van der Waals surface area contributed by atoms with Crippen LogP contribution in [0.5, 0.6) is 0 Å². The number of aromatic nitrogens is 2. The van der Waals surface area contributed by atoms with Crippen molar-refractivity contribution in [3.63, 3.8) is 0 Å². The molecule has 0 saturated carbocycles. The van der Waals surface area contributed by atoms with Crippen LogP contribution in [0.4, 0.5) is 0 Å². The lowest BCUT2D eigenvalue weighted by molar-refractivity contribution is -0.150. The molecule has 3 aliphatic heterocycles. The number of hydrogen-bond acceptors (Lipinski definition) is 6.